The Bertz CT molecular complexity index is 330. The van der Waals surface area contributed by atoms with E-state index in [9.17, 15) is 4.79 Å². The molecule has 0 radical (unpaired) electrons. The van der Waals surface area contributed by atoms with E-state index in [1.807, 2.05) is 6.92 Å². The van der Waals surface area contributed by atoms with Crippen LogP contribution in [0.2, 0.25) is 0 Å². The number of aryl methyl sites for hydroxylation is 1. The van der Waals surface area contributed by atoms with E-state index in [1.54, 1.807) is 35.7 Å². The minimum atomic E-state index is -0.437. The lowest BCUT2D eigenvalue weighted by Crippen LogP contribution is -2.39. The summed E-state index contributed by atoms with van der Waals surface area (Å²) in [5, 5.41) is 0. The van der Waals surface area contributed by atoms with Crippen molar-refractivity contribution in [3.05, 3.63) is 16.1 Å². The third-order valence-electron chi connectivity index (χ3n) is 1.99. The first kappa shape index (κ1) is 18.0. The van der Waals surface area contributed by atoms with Crippen LogP contribution >= 0.6 is 36.2 Å². The molecule has 1 heterocycles. The monoisotopic (exact) mass is 285 g/mol. The largest absolute Gasteiger partial charge is 0.339 e. The van der Waals surface area contributed by atoms with Gasteiger partial charge in [-0.05, 0) is 13.8 Å². The summed E-state index contributed by atoms with van der Waals surface area (Å²) in [4.78, 5) is 18.3. The van der Waals surface area contributed by atoms with Crippen LogP contribution in [0.1, 0.15) is 17.5 Å². The molecule has 1 atom stereocenters. The lowest BCUT2D eigenvalue weighted by atomic mass is 10.3. The fourth-order valence-electron chi connectivity index (χ4n) is 1.12. The fraction of sp³-hybridized carbons (Fsp3) is 0.556. The molecular weight excluding hydrogens is 269 g/mol. The summed E-state index contributed by atoms with van der Waals surface area (Å²) < 4.78 is 0. The second kappa shape index (κ2) is 7.84. The number of thiazole rings is 1. The van der Waals surface area contributed by atoms with Crippen LogP contribution in [0.25, 0.3) is 0 Å². The lowest BCUT2D eigenvalue weighted by molar-refractivity contribution is -0.131. The SMILES string of the molecule is Cc1ncsc1CN(C)C(=O)[C@@H](C)N.Cl.Cl. The standard InChI is InChI=1S/C9H15N3OS.2ClH/c1-6(10)9(13)12(3)4-8-7(2)11-5-14-8;;/h5-6H,4,10H2,1-3H3;2*1H/t6-;;/m1../s1. The Labute approximate surface area is 112 Å². The highest BCUT2D eigenvalue weighted by Crippen LogP contribution is 2.14. The number of hydrogen-bond acceptors (Lipinski definition) is 4. The van der Waals surface area contributed by atoms with Gasteiger partial charge in [-0.3, -0.25) is 4.79 Å². The summed E-state index contributed by atoms with van der Waals surface area (Å²) in [5.41, 5.74) is 8.27. The third-order valence-corrected chi connectivity index (χ3v) is 2.91. The Balaban J connectivity index is 0. The molecule has 0 aromatic carbocycles. The molecule has 0 aliphatic carbocycles. The maximum Gasteiger partial charge on any atom is 0.239 e. The van der Waals surface area contributed by atoms with E-state index in [4.69, 9.17) is 5.73 Å². The number of aromatic nitrogens is 1. The number of amides is 1. The van der Waals surface area contributed by atoms with E-state index in [1.165, 1.54) is 0 Å². The molecule has 0 unspecified atom stereocenters. The topological polar surface area (TPSA) is 59.2 Å². The molecule has 16 heavy (non-hydrogen) atoms. The molecular formula is C9H17Cl2N3OS. The van der Waals surface area contributed by atoms with E-state index in [2.05, 4.69) is 4.98 Å². The summed E-state index contributed by atoms with van der Waals surface area (Å²) >= 11 is 1.56. The van der Waals surface area contributed by atoms with Crippen LogP contribution < -0.4 is 5.73 Å². The number of carbonyl (C=O) groups is 1. The molecule has 0 aliphatic rings. The van der Waals surface area contributed by atoms with Crippen molar-refractivity contribution in [1.29, 1.82) is 0 Å². The molecule has 1 aromatic heterocycles. The second-order valence-electron chi connectivity index (χ2n) is 3.34. The zero-order valence-electron chi connectivity index (χ0n) is 9.47. The molecule has 7 heteroatoms. The van der Waals surface area contributed by atoms with Crippen molar-refractivity contribution in [2.24, 2.45) is 5.73 Å². The number of likely N-dealkylation sites (N-methyl/N-ethyl adjacent to an activating group) is 1. The second-order valence-corrected chi connectivity index (χ2v) is 4.28. The Hall–Kier alpha value is -0.360. The summed E-state index contributed by atoms with van der Waals surface area (Å²) in [6.45, 7) is 4.23. The molecule has 0 fully saturated rings. The molecule has 4 nitrogen and oxygen atoms in total. The highest BCUT2D eigenvalue weighted by atomic mass is 35.5. The summed E-state index contributed by atoms with van der Waals surface area (Å²) in [5.74, 6) is -0.0437. The Morgan fingerprint density at radius 1 is 1.62 bits per heavy atom. The van der Waals surface area contributed by atoms with Crippen molar-refractivity contribution in [2.45, 2.75) is 26.4 Å². The van der Waals surface area contributed by atoms with Gasteiger partial charge in [-0.1, -0.05) is 0 Å². The zero-order valence-corrected chi connectivity index (χ0v) is 11.9. The molecule has 0 bridgehead atoms. The van der Waals surface area contributed by atoms with Gasteiger partial charge in [-0.2, -0.15) is 0 Å². The average molecular weight is 286 g/mol. The number of hydrogen-bond donors (Lipinski definition) is 1. The van der Waals surface area contributed by atoms with Crippen LogP contribution in [0.3, 0.4) is 0 Å². The predicted octanol–water partition coefficient (Wildman–Crippen LogP) is 1.60. The van der Waals surface area contributed by atoms with Gasteiger partial charge in [-0.15, -0.1) is 36.2 Å². The zero-order chi connectivity index (χ0) is 10.7. The number of rotatable bonds is 3. The van der Waals surface area contributed by atoms with E-state index in [0.717, 1.165) is 10.6 Å². The Kier molecular flexibility index (Phi) is 8.83. The smallest absolute Gasteiger partial charge is 0.239 e. The molecule has 0 saturated heterocycles. The first-order valence-electron chi connectivity index (χ1n) is 4.42. The van der Waals surface area contributed by atoms with Crippen LogP contribution in [0.5, 0.6) is 0 Å². The van der Waals surface area contributed by atoms with Crippen LogP contribution in [-0.2, 0) is 11.3 Å². The summed E-state index contributed by atoms with van der Waals surface area (Å²) in [6.07, 6.45) is 0. The fourth-order valence-corrected chi connectivity index (χ4v) is 1.95. The molecule has 94 valence electrons. The maximum atomic E-state index is 11.5. The first-order valence-corrected chi connectivity index (χ1v) is 5.30. The van der Waals surface area contributed by atoms with Gasteiger partial charge >= 0.3 is 0 Å². The summed E-state index contributed by atoms with van der Waals surface area (Å²) in [7, 11) is 1.75. The highest BCUT2D eigenvalue weighted by molar-refractivity contribution is 7.09. The van der Waals surface area contributed by atoms with Gasteiger partial charge in [0.05, 0.1) is 23.8 Å². The van der Waals surface area contributed by atoms with Gasteiger partial charge in [0.1, 0.15) is 0 Å². The molecule has 2 N–H and O–H groups in total. The van der Waals surface area contributed by atoms with E-state index >= 15 is 0 Å². The predicted molar refractivity (Wildman–Crippen MR) is 71.5 cm³/mol. The molecule has 0 saturated carbocycles. The Morgan fingerprint density at radius 3 is 2.56 bits per heavy atom. The maximum absolute atomic E-state index is 11.5. The van der Waals surface area contributed by atoms with Crippen molar-refractivity contribution in [1.82, 2.24) is 9.88 Å². The van der Waals surface area contributed by atoms with Crippen molar-refractivity contribution in [2.75, 3.05) is 7.05 Å². The van der Waals surface area contributed by atoms with Crippen LogP contribution in [0, 0.1) is 6.92 Å². The van der Waals surface area contributed by atoms with Crippen LogP contribution in [0.4, 0.5) is 0 Å². The highest BCUT2D eigenvalue weighted by Gasteiger charge is 2.14. The molecule has 1 rings (SSSR count). The van der Waals surface area contributed by atoms with Crippen LogP contribution in [-0.4, -0.2) is 28.9 Å². The van der Waals surface area contributed by atoms with Crippen molar-refractivity contribution in [3.63, 3.8) is 0 Å². The number of carbonyl (C=O) groups excluding carboxylic acids is 1. The first-order chi connectivity index (χ1) is 6.52. The minimum absolute atomic E-state index is 0. The third kappa shape index (κ3) is 4.65. The molecule has 1 aromatic rings. The molecule has 1 amide bonds. The van der Waals surface area contributed by atoms with Gasteiger partial charge < -0.3 is 10.6 Å². The minimum Gasteiger partial charge on any atom is -0.339 e. The number of nitrogens with zero attached hydrogens (tertiary/aromatic N) is 2. The van der Waals surface area contributed by atoms with Gasteiger partial charge in [-0.25, -0.2) is 4.98 Å². The van der Waals surface area contributed by atoms with Gasteiger partial charge in [0.25, 0.3) is 0 Å². The van der Waals surface area contributed by atoms with Crippen LogP contribution in [0.15, 0.2) is 5.51 Å². The Morgan fingerprint density at radius 2 is 2.19 bits per heavy atom. The molecule has 0 aliphatic heterocycles. The van der Waals surface area contributed by atoms with Gasteiger partial charge in [0.2, 0.25) is 5.91 Å². The van der Waals surface area contributed by atoms with E-state index < -0.39 is 6.04 Å². The number of nitrogens with two attached hydrogens (primary N) is 1. The number of halogens is 2. The van der Waals surface area contributed by atoms with E-state index in [-0.39, 0.29) is 30.7 Å². The van der Waals surface area contributed by atoms with Crippen molar-refractivity contribution >= 4 is 42.1 Å². The van der Waals surface area contributed by atoms with Gasteiger partial charge in [0, 0.05) is 11.9 Å². The van der Waals surface area contributed by atoms with Crippen molar-refractivity contribution < 1.29 is 4.79 Å². The van der Waals surface area contributed by atoms with E-state index in [0.29, 0.717) is 6.54 Å². The van der Waals surface area contributed by atoms with Gasteiger partial charge in [0.15, 0.2) is 0 Å². The molecule has 0 spiro atoms. The summed E-state index contributed by atoms with van der Waals surface area (Å²) in [6, 6.07) is -0.437. The van der Waals surface area contributed by atoms with Crippen molar-refractivity contribution in [3.8, 4) is 0 Å². The lowest BCUT2D eigenvalue weighted by Gasteiger charge is -2.18. The normalized spacial score (nSPS) is 11.0. The quantitative estimate of drug-likeness (QED) is 0.918. The average Bonchev–Trinajstić information content (AvgIpc) is 2.50.